The molecule has 0 saturated carbocycles. The van der Waals surface area contributed by atoms with E-state index in [1.165, 1.54) is 4.90 Å². The first-order valence-electron chi connectivity index (χ1n) is 6.55. The Hall–Kier alpha value is -1.80. The van der Waals surface area contributed by atoms with Crippen molar-refractivity contribution in [1.82, 2.24) is 9.80 Å². The summed E-state index contributed by atoms with van der Waals surface area (Å²) < 4.78 is 41.4. The van der Waals surface area contributed by atoms with Gasteiger partial charge in [-0.3, -0.25) is 14.4 Å². The van der Waals surface area contributed by atoms with Crippen molar-refractivity contribution < 1.29 is 32.3 Å². The summed E-state index contributed by atoms with van der Waals surface area (Å²) in [5.74, 6) is -2.71. The summed E-state index contributed by atoms with van der Waals surface area (Å²) in [5.41, 5.74) is 0. The van der Waals surface area contributed by atoms with Crippen LogP contribution in [-0.2, 0) is 19.1 Å². The van der Waals surface area contributed by atoms with Crippen molar-refractivity contribution in [3.63, 3.8) is 0 Å². The zero-order chi connectivity index (χ0) is 16.0. The number of carbonyl (C=O) groups is 3. The molecule has 0 N–H and O–H groups in total. The molecule has 1 rings (SSSR count). The second-order valence-electron chi connectivity index (χ2n) is 4.48. The second-order valence-corrected chi connectivity index (χ2v) is 4.48. The van der Waals surface area contributed by atoms with Crippen LogP contribution < -0.4 is 0 Å². The summed E-state index contributed by atoms with van der Waals surface area (Å²) in [5, 5.41) is 0. The van der Waals surface area contributed by atoms with E-state index in [1.807, 2.05) is 0 Å². The average Bonchev–Trinajstić information content (AvgIpc) is 2.43. The van der Waals surface area contributed by atoms with Gasteiger partial charge in [0.25, 0.3) is 0 Å². The van der Waals surface area contributed by atoms with Crippen LogP contribution in [0.1, 0.15) is 19.8 Å². The summed E-state index contributed by atoms with van der Waals surface area (Å²) in [6.45, 7) is 1.61. The third-order valence-corrected chi connectivity index (χ3v) is 3.01. The van der Waals surface area contributed by atoms with Crippen LogP contribution >= 0.6 is 0 Å². The van der Waals surface area contributed by atoms with Crippen LogP contribution in [0.2, 0.25) is 0 Å². The fourth-order valence-corrected chi connectivity index (χ4v) is 1.94. The predicted octanol–water partition coefficient (Wildman–Crippen LogP) is 0.563. The molecule has 0 spiro atoms. The maximum absolute atomic E-state index is 12.2. The fraction of sp³-hybridized carbons (Fsp3) is 0.750. The second kappa shape index (κ2) is 7.28. The first kappa shape index (κ1) is 17.3. The molecule has 2 amide bonds. The molecule has 120 valence electrons. The van der Waals surface area contributed by atoms with Crippen LogP contribution in [0.4, 0.5) is 13.2 Å². The lowest BCUT2D eigenvalue weighted by Crippen LogP contribution is -2.53. The van der Waals surface area contributed by atoms with E-state index in [4.69, 9.17) is 0 Å². The third-order valence-electron chi connectivity index (χ3n) is 3.01. The number of piperazine rings is 1. The van der Waals surface area contributed by atoms with Crippen LogP contribution in [0.3, 0.4) is 0 Å². The Bertz CT molecular complexity index is 404. The maximum atomic E-state index is 12.2. The standard InChI is InChI=1S/C12H17F3N2O4/c1-2-21-10(19)4-3-9(18)16-5-7-17(8-6-16)11(20)12(13,14)15/h2-8H2,1H3. The Morgan fingerprint density at radius 2 is 1.52 bits per heavy atom. The molecular weight excluding hydrogens is 293 g/mol. The molecule has 0 aromatic rings. The molecule has 0 unspecified atom stereocenters. The molecule has 0 radical (unpaired) electrons. The van der Waals surface area contributed by atoms with E-state index in [0.29, 0.717) is 4.90 Å². The van der Waals surface area contributed by atoms with Crippen molar-refractivity contribution in [1.29, 1.82) is 0 Å². The molecule has 1 saturated heterocycles. The molecule has 9 heteroatoms. The van der Waals surface area contributed by atoms with Gasteiger partial charge in [-0.2, -0.15) is 13.2 Å². The molecule has 0 aromatic carbocycles. The number of alkyl halides is 3. The molecule has 1 aliphatic rings. The number of esters is 1. The Balaban J connectivity index is 2.37. The molecule has 0 atom stereocenters. The number of rotatable bonds is 4. The summed E-state index contributed by atoms with van der Waals surface area (Å²) >= 11 is 0. The Morgan fingerprint density at radius 3 is 2.00 bits per heavy atom. The molecular formula is C12H17F3N2O4. The molecule has 1 aliphatic heterocycles. The lowest BCUT2D eigenvalue weighted by molar-refractivity contribution is -0.187. The molecule has 6 nitrogen and oxygen atoms in total. The summed E-state index contributed by atoms with van der Waals surface area (Å²) in [6.07, 6.45) is -5.00. The highest BCUT2D eigenvalue weighted by molar-refractivity contribution is 5.83. The van der Waals surface area contributed by atoms with E-state index < -0.39 is 18.1 Å². The monoisotopic (exact) mass is 310 g/mol. The van der Waals surface area contributed by atoms with Gasteiger partial charge in [0.1, 0.15) is 0 Å². The zero-order valence-corrected chi connectivity index (χ0v) is 11.6. The van der Waals surface area contributed by atoms with Crippen molar-refractivity contribution in [2.24, 2.45) is 0 Å². The van der Waals surface area contributed by atoms with Crippen LogP contribution in [0.25, 0.3) is 0 Å². The minimum Gasteiger partial charge on any atom is -0.466 e. The van der Waals surface area contributed by atoms with Gasteiger partial charge >= 0.3 is 18.1 Å². The predicted molar refractivity (Wildman–Crippen MR) is 65.1 cm³/mol. The van der Waals surface area contributed by atoms with Crippen molar-refractivity contribution in [3.8, 4) is 0 Å². The van der Waals surface area contributed by atoms with Gasteiger partial charge in [-0.1, -0.05) is 0 Å². The smallest absolute Gasteiger partial charge is 0.466 e. The first-order valence-corrected chi connectivity index (χ1v) is 6.55. The van der Waals surface area contributed by atoms with Crippen molar-refractivity contribution in [2.45, 2.75) is 25.9 Å². The highest BCUT2D eigenvalue weighted by Gasteiger charge is 2.43. The van der Waals surface area contributed by atoms with Crippen LogP contribution in [0, 0.1) is 0 Å². The van der Waals surface area contributed by atoms with Crippen LogP contribution in [0.5, 0.6) is 0 Å². The van der Waals surface area contributed by atoms with E-state index in [-0.39, 0.29) is 51.5 Å². The number of halogens is 3. The number of amides is 2. The summed E-state index contributed by atoms with van der Waals surface area (Å²) in [7, 11) is 0. The van der Waals surface area contributed by atoms with Gasteiger partial charge in [0.15, 0.2) is 0 Å². The summed E-state index contributed by atoms with van der Waals surface area (Å²) in [6, 6.07) is 0. The first-order chi connectivity index (χ1) is 9.75. The molecule has 0 aromatic heterocycles. The van der Waals surface area contributed by atoms with E-state index in [9.17, 15) is 27.6 Å². The van der Waals surface area contributed by atoms with Crippen molar-refractivity contribution in [2.75, 3.05) is 32.8 Å². The van der Waals surface area contributed by atoms with Crippen LogP contribution in [-0.4, -0.2) is 66.5 Å². The van der Waals surface area contributed by atoms with Gasteiger partial charge in [0.2, 0.25) is 5.91 Å². The number of nitrogens with zero attached hydrogens (tertiary/aromatic N) is 2. The number of hydrogen-bond acceptors (Lipinski definition) is 4. The normalized spacial score (nSPS) is 15.8. The minimum absolute atomic E-state index is 0.0312. The van der Waals surface area contributed by atoms with Crippen molar-refractivity contribution in [3.05, 3.63) is 0 Å². The van der Waals surface area contributed by atoms with Gasteiger partial charge in [-0.25, -0.2) is 0 Å². The van der Waals surface area contributed by atoms with E-state index >= 15 is 0 Å². The highest BCUT2D eigenvalue weighted by Crippen LogP contribution is 2.19. The van der Waals surface area contributed by atoms with Gasteiger partial charge in [-0.15, -0.1) is 0 Å². The zero-order valence-electron chi connectivity index (χ0n) is 11.6. The molecule has 0 aliphatic carbocycles. The van der Waals surface area contributed by atoms with Gasteiger partial charge in [0, 0.05) is 32.6 Å². The van der Waals surface area contributed by atoms with E-state index in [2.05, 4.69) is 4.74 Å². The lowest BCUT2D eigenvalue weighted by atomic mass is 10.2. The molecule has 21 heavy (non-hydrogen) atoms. The van der Waals surface area contributed by atoms with Gasteiger partial charge in [-0.05, 0) is 6.92 Å². The maximum Gasteiger partial charge on any atom is 0.471 e. The number of hydrogen-bond donors (Lipinski definition) is 0. The van der Waals surface area contributed by atoms with E-state index in [0.717, 1.165) is 0 Å². The molecule has 1 fully saturated rings. The van der Waals surface area contributed by atoms with Crippen LogP contribution in [0.15, 0.2) is 0 Å². The summed E-state index contributed by atoms with van der Waals surface area (Å²) in [4.78, 5) is 35.9. The Kier molecular flexibility index (Phi) is 5.98. The number of carbonyl (C=O) groups excluding carboxylic acids is 3. The number of ether oxygens (including phenoxy) is 1. The topological polar surface area (TPSA) is 66.9 Å². The average molecular weight is 310 g/mol. The van der Waals surface area contributed by atoms with E-state index in [1.54, 1.807) is 6.92 Å². The fourth-order valence-electron chi connectivity index (χ4n) is 1.94. The third kappa shape index (κ3) is 5.24. The Labute approximate surface area is 119 Å². The SMILES string of the molecule is CCOC(=O)CCC(=O)N1CCN(C(=O)C(F)(F)F)CC1. The Morgan fingerprint density at radius 1 is 1.00 bits per heavy atom. The minimum atomic E-state index is -4.89. The quantitative estimate of drug-likeness (QED) is 0.712. The largest absolute Gasteiger partial charge is 0.471 e. The highest BCUT2D eigenvalue weighted by atomic mass is 19.4. The molecule has 1 heterocycles. The van der Waals surface area contributed by atoms with Gasteiger partial charge < -0.3 is 14.5 Å². The van der Waals surface area contributed by atoms with Crippen molar-refractivity contribution >= 4 is 17.8 Å². The lowest BCUT2D eigenvalue weighted by Gasteiger charge is -2.35. The molecule has 0 bridgehead atoms. The van der Waals surface area contributed by atoms with Gasteiger partial charge in [0.05, 0.1) is 13.0 Å².